The van der Waals surface area contributed by atoms with Gasteiger partial charge >= 0.3 is 6.03 Å². The molecule has 3 aliphatic rings. The largest absolute Gasteiger partial charge is 0.328 e. The summed E-state index contributed by atoms with van der Waals surface area (Å²) in [5.41, 5.74) is 2.51. The first-order valence-corrected chi connectivity index (χ1v) is 9.36. The van der Waals surface area contributed by atoms with Crippen LogP contribution >= 0.6 is 0 Å². The fourth-order valence-corrected chi connectivity index (χ4v) is 4.93. The molecule has 2 aromatic rings. The highest BCUT2D eigenvalue weighted by atomic mass is 16.2. The quantitative estimate of drug-likeness (QED) is 0.916. The number of nitrogens with zero attached hydrogens (tertiary/aromatic N) is 3. The predicted molar refractivity (Wildman–Crippen MR) is 95.2 cm³/mol. The minimum absolute atomic E-state index is 0.0957. The van der Waals surface area contributed by atoms with Crippen molar-refractivity contribution in [2.75, 3.05) is 13.1 Å². The number of likely N-dealkylation sites (tertiary alicyclic amines) is 1. The summed E-state index contributed by atoms with van der Waals surface area (Å²) < 4.78 is 2.11. The Morgan fingerprint density at radius 1 is 1.04 bits per heavy atom. The van der Waals surface area contributed by atoms with Crippen LogP contribution in [0.1, 0.15) is 43.4 Å². The van der Waals surface area contributed by atoms with Gasteiger partial charge in [-0.25, -0.2) is 4.79 Å². The lowest BCUT2D eigenvalue weighted by Crippen LogP contribution is -2.54. The first-order valence-electron chi connectivity index (χ1n) is 9.36. The molecule has 5 heteroatoms. The van der Waals surface area contributed by atoms with Gasteiger partial charge in [-0.2, -0.15) is 5.10 Å². The molecule has 1 unspecified atom stereocenters. The van der Waals surface area contributed by atoms with Crippen LogP contribution in [0.2, 0.25) is 0 Å². The van der Waals surface area contributed by atoms with Gasteiger partial charge in [0.15, 0.2) is 0 Å². The summed E-state index contributed by atoms with van der Waals surface area (Å²) in [6.07, 6.45) is 7.28. The van der Waals surface area contributed by atoms with Gasteiger partial charge < -0.3 is 10.2 Å². The summed E-state index contributed by atoms with van der Waals surface area (Å²) in [7, 11) is 0. The van der Waals surface area contributed by atoms with Crippen LogP contribution < -0.4 is 5.32 Å². The van der Waals surface area contributed by atoms with Crippen molar-refractivity contribution in [2.45, 2.75) is 49.6 Å². The molecule has 1 aromatic carbocycles. The summed E-state index contributed by atoms with van der Waals surface area (Å²) in [5, 5.41) is 7.78. The van der Waals surface area contributed by atoms with Crippen molar-refractivity contribution in [3.63, 3.8) is 0 Å². The highest BCUT2D eigenvalue weighted by Gasteiger charge is 2.48. The topological polar surface area (TPSA) is 50.2 Å². The van der Waals surface area contributed by atoms with Crippen molar-refractivity contribution < 1.29 is 4.79 Å². The second kappa shape index (κ2) is 5.35. The van der Waals surface area contributed by atoms with E-state index in [1.165, 1.54) is 17.7 Å². The molecular weight excluding hydrogens is 312 g/mol. The number of fused-ring (bicyclic) bond motifs is 2. The van der Waals surface area contributed by atoms with E-state index < -0.39 is 0 Å². The summed E-state index contributed by atoms with van der Waals surface area (Å²) >= 11 is 0. The monoisotopic (exact) mass is 336 g/mol. The van der Waals surface area contributed by atoms with Gasteiger partial charge in [0.2, 0.25) is 0 Å². The Hall–Kier alpha value is -2.30. The Morgan fingerprint density at radius 3 is 2.60 bits per heavy atom. The van der Waals surface area contributed by atoms with E-state index in [4.69, 9.17) is 0 Å². The molecule has 5 rings (SSSR count). The van der Waals surface area contributed by atoms with Crippen molar-refractivity contribution in [3.05, 3.63) is 53.9 Å². The number of carbonyl (C=O) groups is 1. The van der Waals surface area contributed by atoms with E-state index in [1.54, 1.807) is 0 Å². The Bertz CT molecular complexity index is 795. The van der Waals surface area contributed by atoms with E-state index in [0.717, 1.165) is 45.3 Å². The third-order valence-corrected chi connectivity index (χ3v) is 6.58. The summed E-state index contributed by atoms with van der Waals surface area (Å²) in [6, 6.07) is 12.7. The first-order chi connectivity index (χ1) is 12.2. The average molecular weight is 336 g/mol. The van der Waals surface area contributed by atoms with E-state index in [9.17, 15) is 4.79 Å². The molecule has 1 spiro atoms. The van der Waals surface area contributed by atoms with Crippen molar-refractivity contribution in [3.8, 4) is 0 Å². The van der Waals surface area contributed by atoms with Gasteiger partial charge in [-0.15, -0.1) is 0 Å². The van der Waals surface area contributed by atoms with E-state index in [2.05, 4.69) is 45.4 Å². The number of urea groups is 1. The van der Waals surface area contributed by atoms with Gasteiger partial charge in [0.05, 0.1) is 5.54 Å². The molecule has 1 aromatic heterocycles. The lowest BCUT2D eigenvalue weighted by atomic mass is 9.72. The van der Waals surface area contributed by atoms with Crippen molar-refractivity contribution in [1.82, 2.24) is 20.0 Å². The van der Waals surface area contributed by atoms with Gasteiger partial charge in [-0.05, 0) is 43.7 Å². The van der Waals surface area contributed by atoms with E-state index in [-0.39, 0.29) is 17.0 Å². The fourth-order valence-electron chi connectivity index (χ4n) is 4.93. The molecule has 1 atom stereocenters. The number of carbonyl (C=O) groups excluding carboxylic acids is 1. The van der Waals surface area contributed by atoms with Gasteiger partial charge in [0.1, 0.15) is 0 Å². The smallest absolute Gasteiger partial charge is 0.318 e. The number of hydrogen-bond donors (Lipinski definition) is 1. The Kier molecular flexibility index (Phi) is 3.21. The van der Waals surface area contributed by atoms with Gasteiger partial charge in [0.25, 0.3) is 0 Å². The Balaban J connectivity index is 1.33. The predicted octanol–water partition coefficient (Wildman–Crippen LogP) is 3.02. The number of benzene rings is 1. The highest BCUT2D eigenvalue weighted by Crippen LogP contribution is 2.44. The van der Waals surface area contributed by atoms with Crippen LogP contribution in [-0.2, 0) is 17.5 Å². The molecule has 5 nitrogen and oxygen atoms in total. The van der Waals surface area contributed by atoms with E-state index in [0.29, 0.717) is 0 Å². The lowest BCUT2D eigenvalue weighted by molar-refractivity contribution is 0.154. The second-order valence-corrected chi connectivity index (χ2v) is 7.87. The van der Waals surface area contributed by atoms with Gasteiger partial charge in [-0.3, -0.25) is 4.68 Å². The molecule has 25 heavy (non-hydrogen) atoms. The standard InChI is InChI=1S/C20H24N4O/c25-18(22-20(8-4-9-20)16-5-2-1-3-6-16)23-13-10-19(15-23)11-14-24-17(19)7-12-21-24/h1-3,5-7,12H,4,8-11,13-15H2,(H,22,25). The van der Waals surface area contributed by atoms with Crippen LogP contribution in [0.25, 0.3) is 0 Å². The minimum atomic E-state index is -0.161. The van der Waals surface area contributed by atoms with Crippen molar-refractivity contribution >= 4 is 6.03 Å². The number of rotatable bonds is 2. The molecular formula is C20H24N4O. The maximum Gasteiger partial charge on any atom is 0.318 e. The molecule has 1 N–H and O–H groups in total. The number of nitrogens with one attached hydrogen (secondary N) is 1. The molecule has 2 aliphatic heterocycles. The van der Waals surface area contributed by atoms with Crippen molar-refractivity contribution in [1.29, 1.82) is 0 Å². The zero-order valence-electron chi connectivity index (χ0n) is 14.4. The summed E-state index contributed by atoms with van der Waals surface area (Å²) in [5.74, 6) is 0. The SMILES string of the molecule is O=C(NC1(c2ccccc2)CCC1)N1CCC2(CCn3nccc32)C1. The molecule has 130 valence electrons. The maximum atomic E-state index is 13.0. The average Bonchev–Trinajstić information content (AvgIpc) is 3.30. The normalized spacial score (nSPS) is 26.5. The molecule has 2 fully saturated rings. The zero-order chi connectivity index (χ0) is 16.9. The van der Waals surface area contributed by atoms with Crippen LogP contribution in [-0.4, -0.2) is 33.8 Å². The zero-order valence-corrected chi connectivity index (χ0v) is 14.4. The molecule has 3 heterocycles. The number of hydrogen-bond acceptors (Lipinski definition) is 2. The van der Waals surface area contributed by atoms with Gasteiger partial charge in [0, 0.05) is 36.9 Å². The fraction of sp³-hybridized carbons (Fsp3) is 0.500. The summed E-state index contributed by atoms with van der Waals surface area (Å²) in [4.78, 5) is 15.0. The first kappa shape index (κ1) is 15.0. The number of aromatic nitrogens is 2. The molecule has 0 bridgehead atoms. The number of amides is 2. The van der Waals surface area contributed by atoms with E-state index in [1.807, 2.05) is 17.2 Å². The molecule has 1 aliphatic carbocycles. The van der Waals surface area contributed by atoms with Crippen LogP contribution in [0.4, 0.5) is 4.79 Å². The van der Waals surface area contributed by atoms with E-state index >= 15 is 0 Å². The summed E-state index contributed by atoms with van der Waals surface area (Å²) in [6.45, 7) is 2.63. The third-order valence-electron chi connectivity index (χ3n) is 6.58. The molecule has 2 amide bonds. The molecule has 1 saturated carbocycles. The second-order valence-electron chi connectivity index (χ2n) is 7.87. The molecule has 1 saturated heterocycles. The van der Waals surface area contributed by atoms with Crippen LogP contribution in [0.3, 0.4) is 0 Å². The maximum absolute atomic E-state index is 13.0. The number of aryl methyl sites for hydroxylation is 1. The Labute approximate surface area is 148 Å². The van der Waals surface area contributed by atoms with Crippen LogP contribution in [0.5, 0.6) is 0 Å². The lowest BCUT2D eigenvalue weighted by Gasteiger charge is -2.44. The van der Waals surface area contributed by atoms with Crippen LogP contribution in [0.15, 0.2) is 42.6 Å². The molecule has 0 radical (unpaired) electrons. The minimum Gasteiger partial charge on any atom is -0.328 e. The highest BCUT2D eigenvalue weighted by molar-refractivity contribution is 5.76. The van der Waals surface area contributed by atoms with Crippen LogP contribution in [0, 0.1) is 0 Å². The van der Waals surface area contributed by atoms with Crippen molar-refractivity contribution in [2.24, 2.45) is 0 Å². The van der Waals surface area contributed by atoms with Gasteiger partial charge in [-0.1, -0.05) is 30.3 Å². The third kappa shape index (κ3) is 2.21. The Morgan fingerprint density at radius 2 is 1.84 bits per heavy atom.